The summed E-state index contributed by atoms with van der Waals surface area (Å²) >= 11 is 0. The van der Waals surface area contributed by atoms with E-state index in [9.17, 15) is 13.5 Å². The van der Waals surface area contributed by atoms with E-state index in [-0.39, 0.29) is 21.1 Å². The van der Waals surface area contributed by atoms with Gasteiger partial charge in [0.1, 0.15) is 11.3 Å². The fourth-order valence-electron chi connectivity index (χ4n) is 2.59. The molecule has 0 aliphatic heterocycles. The Morgan fingerprint density at radius 1 is 1.00 bits per heavy atom. The van der Waals surface area contributed by atoms with Crippen LogP contribution in [0.2, 0.25) is 0 Å². The number of aromatic nitrogens is 1. The van der Waals surface area contributed by atoms with Gasteiger partial charge in [-0.2, -0.15) is 0 Å². The maximum Gasteiger partial charge on any atom is 0.207 e. The highest BCUT2D eigenvalue weighted by Gasteiger charge is 2.23. The average molecular weight is 313 g/mol. The van der Waals surface area contributed by atoms with Crippen molar-refractivity contribution < 1.29 is 13.5 Å². The van der Waals surface area contributed by atoms with Gasteiger partial charge in [0.15, 0.2) is 0 Å². The number of aromatic hydroxyl groups is 1. The van der Waals surface area contributed by atoms with Crippen molar-refractivity contribution in [1.29, 1.82) is 0 Å². The number of aryl methyl sites for hydroxylation is 2. The van der Waals surface area contributed by atoms with E-state index in [0.29, 0.717) is 10.9 Å². The Kier molecular flexibility index (Phi) is 3.37. The largest absolute Gasteiger partial charge is 0.506 e. The van der Waals surface area contributed by atoms with Crippen LogP contribution < -0.4 is 0 Å². The zero-order valence-electron chi connectivity index (χ0n) is 12.2. The van der Waals surface area contributed by atoms with Crippen LogP contribution in [0.5, 0.6) is 5.75 Å². The van der Waals surface area contributed by atoms with Crippen LogP contribution in [0.3, 0.4) is 0 Å². The summed E-state index contributed by atoms with van der Waals surface area (Å²) in [6, 6.07) is 11.3. The van der Waals surface area contributed by atoms with Crippen LogP contribution >= 0.6 is 0 Å². The minimum Gasteiger partial charge on any atom is -0.506 e. The van der Waals surface area contributed by atoms with Gasteiger partial charge in [0.25, 0.3) is 0 Å². The Bertz CT molecular complexity index is 978. The molecule has 22 heavy (non-hydrogen) atoms. The molecule has 0 bridgehead atoms. The first kappa shape index (κ1) is 14.5. The zero-order valence-corrected chi connectivity index (χ0v) is 13.1. The molecule has 0 atom stereocenters. The number of pyridine rings is 1. The van der Waals surface area contributed by atoms with E-state index in [4.69, 9.17) is 0 Å². The molecular weight excluding hydrogens is 298 g/mol. The van der Waals surface area contributed by atoms with Crippen molar-refractivity contribution in [3.05, 3.63) is 59.8 Å². The van der Waals surface area contributed by atoms with Crippen molar-refractivity contribution in [3.63, 3.8) is 0 Å². The van der Waals surface area contributed by atoms with E-state index < -0.39 is 9.84 Å². The highest BCUT2D eigenvalue weighted by atomic mass is 32.2. The average Bonchev–Trinajstić information content (AvgIpc) is 2.47. The molecule has 0 radical (unpaired) electrons. The SMILES string of the molecule is Cc1ccc(S(=O)(=O)c2ccc(O)c3ncccc23)c(C)c1. The molecule has 0 aliphatic carbocycles. The normalized spacial score (nSPS) is 11.7. The minimum atomic E-state index is -3.68. The van der Waals surface area contributed by atoms with Crippen molar-refractivity contribution in [3.8, 4) is 5.75 Å². The molecule has 1 aromatic heterocycles. The molecule has 5 heteroatoms. The number of nitrogens with zero attached hydrogens (tertiary/aromatic N) is 1. The van der Waals surface area contributed by atoms with Gasteiger partial charge in [-0.05, 0) is 49.7 Å². The quantitative estimate of drug-likeness (QED) is 0.787. The molecule has 0 amide bonds. The molecule has 0 unspecified atom stereocenters. The lowest BCUT2D eigenvalue weighted by Gasteiger charge is -2.11. The Hall–Kier alpha value is -2.40. The number of sulfone groups is 1. The molecule has 4 nitrogen and oxygen atoms in total. The van der Waals surface area contributed by atoms with Gasteiger partial charge in [-0.25, -0.2) is 8.42 Å². The van der Waals surface area contributed by atoms with Crippen molar-refractivity contribution in [2.24, 2.45) is 0 Å². The fraction of sp³-hybridized carbons (Fsp3) is 0.118. The van der Waals surface area contributed by atoms with Crippen molar-refractivity contribution in [1.82, 2.24) is 4.98 Å². The Labute approximate surface area is 129 Å². The lowest BCUT2D eigenvalue weighted by atomic mass is 10.2. The molecule has 0 fully saturated rings. The summed E-state index contributed by atoms with van der Waals surface area (Å²) in [6.45, 7) is 3.70. The van der Waals surface area contributed by atoms with Gasteiger partial charge in [-0.1, -0.05) is 17.7 Å². The van der Waals surface area contributed by atoms with Gasteiger partial charge < -0.3 is 5.11 Å². The molecule has 112 valence electrons. The predicted molar refractivity (Wildman–Crippen MR) is 84.8 cm³/mol. The standard InChI is InChI=1S/C17H15NO3S/c1-11-5-7-15(12(2)10-11)22(20,21)16-8-6-14(19)17-13(16)4-3-9-18-17/h3-10,19H,1-2H3. The molecule has 0 spiro atoms. The first-order chi connectivity index (χ1) is 10.4. The number of phenolic OH excluding ortho intramolecular Hbond substituents is 1. The van der Waals surface area contributed by atoms with E-state index in [2.05, 4.69) is 4.98 Å². The number of benzene rings is 2. The molecule has 0 saturated heterocycles. The lowest BCUT2D eigenvalue weighted by molar-refractivity contribution is 0.480. The van der Waals surface area contributed by atoms with Crippen LogP contribution in [0.15, 0.2) is 58.5 Å². The molecule has 2 aromatic carbocycles. The van der Waals surface area contributed by atoms with Crippen LogP contribution in [0.1, 0.15) is 11.1 Å². The third-order valence-corrected chi connectivity index (χ3v) is 5.59. The first-order valence-electron chi connectivity index (χ1n) is 6.80. The van der Waals surface area contributed by atoms with Gasteiger partial charge >= 0.3 is 0 Å². The number of rotatable bonds is 2. The van der Waals surface area contributed by atoms with Crippen LogP contribution in [-0.2, 0) is 9.84 Å². The van der Waals surface area contributed by atoms with Crippen LogP contribution in [0.4, 0.5) is 0 Å². The fourth-order valence-corrected chi connectivity index (χ4v) is 4.25. The summed E-state index contributed by atoms with van der Waals surface area (Å²) in [7, 11) is -3.68. The second-order valence-electron chi connectivity index (χ2n) is 5.25. The second-order valence-corrected chi connectivity index (χ2v) is 7.14. The third kappa shape index (κ3) is 2.23. The van der Waals surface area contributed by atoms with E-state index in [1.165, 1.54) is 18.3 Å². The number of hydrogen-bond donors (Lipinski definition) is 1. The van der Waals surface area contributed by atoms with E-state index in [1.54, 1.807) is 31.2 Å². The maximum atomic E-state index is 13.0. The van der Waals surface area contributed by atoms with Crippen molar-refractivity contribution in [2.45, 2.75) is 23.6 Å². The lowest BCUT2D eigenvalue weighted by Crippen LogP contribution is -2.05. The van der Waals surface area contributed by atoms with E-state index >= 15 is 0 Å². The summed E-state index contributed by atoms with van der Waals surface area (Å²) < 4.78 is 26.0. The highest BCUT2D eigenvalue weighted by molar-refractivity contribution is 7.91. The van der Waals surface area contributed by atoms with Gasteiger partial charge in [0.05, 0.1) is 9.79 Å². The van der Waals surface area contributed by atoms with Crippen LogP contribution in [0.25, 0.3) is 10.9 Å². The molecule has 1 heterocycles. The summed E-state index contributed by atoms with van der Waals surface area (Å²) in [4.78, 5) is 4.50. The monoisotopic (exact) mass is 313 g/mol. The van der Waals surface area contributed by atoms with E-state index in [1.807, 2.05) is 13.0 Å². The summed E-state index contributed by atoms with van der Waals surface area (Å²) in [5, 5.41) is 10.3. The third-order valence-electron chi connectivity index (χ3n) is 3.62. The Morgan fingerprint density at radius 2 is 1.73 bits per heavy atom. The number of phenols is 1. The van der Waals surface area contributed by atoms with Gasteiger partial charge in [-0.15, -0.1) is 0 Å². The smallest absolute Gasteiger partial charge is 0.207 e. The molecule has 3 aromatic rings. The minimum absolute atomic E-state index is 0.0322. The second kappa shape index (κ2) is 5.10. The van der Waals surface area contributed by atoms with E-state index in [0.717, 1.165) is 5.56 Å². The molecular formula is C17H15NO3S. The first-order valence-corrected chi connectivity index (χ1v) is 8.28. The topological polar surface area (TPSA) is 67.3 Å². The summed E-state index contributed by atoms with van der Waals surface area (Å²) in [5.41, 5.74) is 1.99. The zero-order chi connectivity index (χ0) is 15.9. The summed E-state index contributed by atoms with van der Waals surface area (Å²) in [6.07, 6.45) is 1.52. The Morgan fingerprint density at radius 3 is 2.45 bits per heavy atom. The highest BCUT2D eigenvalue weighted by Crippen LogP contribution is 2.33. The summed E-state index contributed by atoms with van der Waals surface area (Å²) in [5.74, 6) is -0.0322. The van der Waals surface area contributed by atoms with Gasteiger partial charge in [0, 0.05) is 11.6 Å². The van der Waals surface area contributed by atoms with Crippen molar-refractivity contribution in [2.75, 3.05) is 0 Å². The maximum absolute atomic E-state index is 13.0. The molecule has 0 saturated carbocycles. The molecule has 0 aliphatic rings. The predicted octanol–water partition coefficient (Wildman–Crippen LogP) is 3.39. The Balaban J connectivity index is 2.33. The molecule has 1 N–H and O–H groups in total. The van der Waals surface area contributed by atoms with Gasteiger partial charge in [-0.3, -0.25) is 4.98 Å². The van der Waals surface area contributed by atoms with Crippen molar-refractivity contribution >= 4 is 20.7 Å². The number of hydrogen-bond acceptors (Lipinski definition) is 4. The number of fused-ring (bicyclic) bond motifs is 1. The molecule has 3 rings (SSSR count). The van der Waals surface area contributed by atoms with Crippen LogP contribution in [0, 0.1) is 13.8 Å². The van der Waals surface area contributed by atoms with Crippen LogP contribution in [-0.4, -0.2) is 18.5 Å². The van der Waals surface area contributed by atoms with Gasteiger partial charge in [0.2, 0.25) is 9.84 Å².